The maximum atomic E-state index is 12.3. The van der Waals surface area contributed by atoms with Gasteiger partial charge >= 0.3 is 0 Å². The number of aromatic nitrogens is 2. The SMILES string of the molecule is CSc1nc(C(=O)N(C)[C@@H](C)c2ccncc2)cs1. The Morgan fingerprint density at radius 2 is 2.11 bits per heavy atom. The maximum Gasteiger partial charge on any atom is 0.273 e. The van der Waals surface area contributed by atoms with Crippen LogP contribution in [0.2, 0.25) is 0 Å². The molecule has 0 spiro atoms. The van der Waals surface area contributed by atoms with Gasteiger partial charge in [0.05, 0.1) is 6.04 Å². The standard InChI is InChI=1S/C13H15N3OS2/c1-9(10-4-6-14-7-5-10)16(2)12(17)11-8-19-13(15-11)18-3/h4-9H,1-3H3/t9-/m0/s1. The molecule has 0 saturated carbocycles. The summed E-state index contributed by atoms with van der Waals surface area (Å²) in [6.45, 7) is 2.00. The third-order valence-corrected chi connectivity index (χ3v) is 4.83. The first kappa shape index (κ1) is 14.0. The van der Waals surface area contributed by atoms with Crippen molar-refractivity contribution in [2.45, 2.75) is 17.3 Å². The number of thiazole rings is 1. The molecule has 0 N–H and O–H groups in total. The molecule has 1 amide bonds. The third-order valence-electron chi connectivity index (χ3n) is 2.97. The number of thioether (sulfide) groups is 1. The van der Waals surface area contributed by atoms with Crippen molar-refractivity contribution >= 4 is 29.0 Å². The highest BCUT2D eigenvalue weighted by molar-refractivity contribution is 8.00. The van der Waals surface area contributed by atoms with E-state index in [1.54, 1.807) is 36.1 Å². The van der Waals surface area contributed by atoms with Crippen LogP contribution in [0.4, 0.5) is 0 Å². The molecule has 19 heavy (non-hydrogen) atoms. The van der Waals surface area contributed by atoms with Crippen molar-refractivity contribution in [1.29, 1.82) is 0 Å². The molecule has 4 nitrogen and oxygen atoms in total. The van der Waals surface area contributed by atoms with Gasteiger partial charge in [0.15, 0.2) is 0 Å². The molecular formula is C13H15N3OS2. The molecule has 0 saturated heterocycles. The zero-order valence-electron chi connectivity index (χ0n) is 11.0. The van der Waals surface area contributed by atoms with E-state index in [1.165, 1.54) is 11.3 Å². The Morgan fingerprint density at radius 1 is 1.42 bits per heavy atom. The lowest BCUT2D eigenvalue weighted by Crippen LogP contribution is -2.29. The molecule has 2 aromatic heterocycles. The summed E-state index contributed by atoms with van der Waals surface area (Å²) in [4.78, 5) is 22.3. The minimum Gasteiger partial charge on any atom is -0.334 e. The smallest absolute Gasteiger partial charge is 0.273 e. The first-order valence-corrected chi connectivity index (χ1v) is 7.90. The minimum absolute atomic E-state index is 0.00469. The zero-order chi connectivity index (χ0) is 13.8. The Labute approximate surface area is 120 Å². The first-order chi connectivity index (χ1) is 9.13. The molecular weight excluding hydrogens is 278 g/mol. The lowest BCUT2D eigenvalue weighted by molar-refractivity contribution is 0.0737. The van der Waals surface area contributed by atoms with Gasteiger partial charge in [0.25, 0.3) is 5.91 Å². The number of nitrogens with zero attached hydrogens (tertiary/aromatic N) is 3. The van der Waals surface area contributed by atoms with Crippen LogP contribution < -0.4 is 0 Å². The van der Waals surface area contributed by atoms with Gasteiger partial charge in [-0.15, -0.1) is 11.3 Å². The average molecular weight is 293 g/mol. The Kier molecular flexibility index (Phi) is 4.55. The van der Waals surface area contributed by atoms with Crippen molar-refractivity contribution in [3.63, 3.8) is 0 Å². The number of amides is 1. The quantitative estimate of drug-likeness (QED) is 0.813. The van der Waals surface area contributed by atoms with Crippen molar-refractivity contribution in [2.24, 2.45) is 0 Å². The second-order valence-corrected chi connectivity index (χ2v) is 5.99. The predicted molar refractivity (Wildman–Crippen MR) is 78.6 cm³/mol. The van der Waals surface area contributed by atoms with E-state index in [4.69, 9.17) is 0 Å². The van der Waals surface area contributed by atoms with E-state index in [0.29, 0.717) is 5.69 Å². The van der Waals surface area contributed by atoms with Crippen LogP contribution in [0.3, 0.4) is 0 Å². The van der Waals surface area contributed by atoms with Crippen LogP contribution in [0.25, 0.3) is 0 Å². The molecule has 0 bridgehead atoms. The summed E-state index contributed by atoms with van der Waals surface area (Å²) in [5, 5.41) is 1.81. The number of carbonyl (C=O) groups excluding carboxylic acids is 1. The van der Waals surface area contributed by atoms with Crippen LogP contribution in [0.15, 0.2) is 34.2 Å². The summed E-state index contributed by atoms with van der Waals surface area (Å²) in [6.07, 6.45) is 5.42. The molecule has 2 heterocycles. The molecule has 0 aromatic carbocycles. The molecule has 100 valence electrons. The van der Waals surface area contributed by atoms with Crippen LogP contribution in [0.1, 0.15) is 29.0 Å². The van der Waals surface area contributed by atoms with Crippen LogP contribution in [-0.2, 0) is 0 Å². The molecule has 0 aliphatic carbocycles. The molecule has 0 unspecified atom stereocenters. The van der Waals surface area contributed by atoms with E-state index in [1.807, 2.05) is 30.7 Å². The van der Waals surface area contributed by atoms with Crippen molar-refractivity contribution in [1.82, 2.24) is 14.9 Å². The second kappa shape index (κ2) is 6.16. The Hall–Kier alpha value is -1.40. The van der Waals surface area contributed by atoms with Crippen molar-refractivity contribution < 1.29 is 4.79 Å². The number of hydrogen-bond acceptors (Lipinski definition) is 5. The Morgan fingerprint density at radius 3 is 2.68 bits per heavy atom. The van der Waals surface area contributed by atoms with Gasteiger partial charge < -0.3 is 4.90 Å². The van der Waals surface area contributed by atoms with E-state index >= 15 is 0 Å². The van der Waals surface area contributed by atoms with Crippen LogP contribution in [0.5, 0.6) is 0 Å². The fourth-order valence-corrected chi connectivity index (χ4v) is 2.91. The van der Waals surface area contributed by atoms with Gasteiger partial charge in [-0.3, -0.25) is 9.78 Å². The van der Waals surface area contributed by atoms with Crippen LogP contribution in [0, 0.1) is 0 Å². The maximum absolute atomic E-state index is 12.3. The highest BCUT2D eigenvalue weighted by atomic mass is 32.2. The van der Waals surface area contributed by atoms with Crippen LogP contribution in [-0.4, -0.2) is 34.1 Å². The van der Waals surface area contributed by atoms with E-state index in [0.717, 1.165) is 9.90 Å². The highest BCUT2D eigenvalue weighted by Gasteiger charge is 2.20. The summed E-state index contributed by atoms with van der Waals surface area (Å²) in [5.41, 5.74) is 1.57. The molecule has 0 aliphatic heterocycles. The fraction of sp³-hybridized carbons (Fsp3) is 0.308. The van der Waals surface area contributed by atoms with Crippen molar-refractivity contribution in [3.8, 4) is 0 Å². The summed E-state index contributed by atoms with van der Waals surface area (Å²) >= 11 is 3.05. The van der Waals surface area contributed by atoms with Gasteiger partial charge in [0, 0.05) is 24.8 Å². The predicted octanol–water partition coefficient (Wildman–Crippen LogP) is 3.09. The number of pyridine rings is 1. The van der Waals surface area contributed by atoms with Gasteiger partial charge in [-0.2, -0.15) is 0 Å². The second-order valence-electron chi connectivity index (χ2n) is 4.08. The topological polar surface area (TPSA) is 46.1 Å². The van der Waals surface area contributed by atoms with Gasteiger partial charge in [-0.1, -0.05) is 11.8 Å². The first-order valence-electron chi connectivity index (χ1n) is 5.80. The van der Waals surface area contributed by atoms with Gasteiger partial charge in [-0.05, 0) is 30.9 Å². The molecule has 6 heteroatoms. The van der Waals surface area contributed by atoms with E-state index in [9.17, 15) is 4.79 Å². The lowest BCUT2D eigenvalue weighted by Gasteiger charge is -2.24. The van der Waals surface area contributed by atoms with Gasteiger partial charge in [0.1, 0.15) is 10.0 Å². The molecule has 2 rings (SSSR count). The monoisotopic (exact) mass is 293 g/mol. The summed E-state index contributed by atoms with van der Waals surface area (Å²) in [6, 6.07) is 3.83. The third kappa shape index (κ3) is 3.13. The molecule has 0 radical (unpaired) electrons. The van der Waals surface area contributed by atoms with Gasteiger partial charge in [0.2, 0.25) is 0 Å². The molecule has 0 aliphatic rings. The highest BCUT2D eigenvalue weighted by Crippen LogP contribution is 2.23. The van der Waals surface area contributed by atoms with Crippen molar-refractivity contribution in [2.75, 3.05) is 13.3 Å². The molecule has 0 fully saturated rings. The molecule has 1 atom stereocenters. The summed E-state index contributed by atoms with van der Waals surface area (Å²) in [5.74, 6) is -0.0548. The summed E-state index contributed by atoms with van der Waals surface area (Å²) in [7, 11) is 1.80. The van der Waals surface area contributed by atoms with E-state index in [2.05, 4.69) is 9.97 Å². The normalized spacial score (nSPS) is 12.2. The van der Waals surface area contributed by atoms with Gasteiger partial charge in [-0.25, -0.2) is 4.98 Å². The Bertz CT molecular complexity index is 556. The van der Waals surface area contributed by atoms with Crippen LogP contribution >= 0.6 is 23.1 Å². The number of hydrogen-bond donors (Lipinski definition) is 0. The Balaban J connectivity index is 2.15. The van der Waals surface area contributed by atoms with Crippen molar-refractivity contribution in [3.05, 3.63) is 41.2 Å². The number of carbonyl (C=O) groups is 1. The van der Waals surface area contributed by atoms with E-state index in [-0.39, 0.29) is 11.9 Å². The number of rotatable bonds is 4. The molecule has 2 aromatic rings. The largest absolute Gasteiger partial charge is 0.334 e. The minimum atomic E-state index is -0.0548. The zero-order valence-corrected chi connectivity index (χ0v) is 12.7. The fourth-order valence-electron chi connectivity index (χ4n) is 1.67. The lowest BCUT2D eigenvalue weighted by atomic mass is 10.1. The summed E-state index contributed by atoms with van der Waals surface area (Å²) < 4.78 is 0.910. The average Bonchev–Trinajstić information content (AvgIpc) is 2.94. The van der Waals surface area contributed by atoms with E-state index < -0.39 is 0 Å².